The van der Waals surface area contributed by atoms with Crippen molar-refractivity contribution in [3.63, 3.8) is 0 Å². The number of likely N-dealkylation sites (tertiary alicyclic amines) is 1. The Balaban J connectivity index is 1.25. The average molecular weight is 393 g/mol. The lowest BCUT2D eigenvalue weighted by Gasteiger charge is -2.31. The molecular formula is C23H24FN3O2. The molecule has 0 saturated carbocycles. The van der Waals surface area contributed by atoms with Crippen LogP contribution >= 0.6 is 0 Å². The van der Waals surface area contributed by atoms with E-state index in [0.29, 0.717) is 31.7 Å². The number of amides is 2. The third-order valence-electron chi connectivity index (χ3n) is 5.54. The number of nitrogens with one attached hydrogen (secondary N) is 2. The fraction of sp³-hybridized carbons (Fsp3) is 0.304. The molecule has 3 aromatic rings. The number of benzene rings is 2. The van der Waals surface area contributed by atoms with Gasteiger partial charge >= 0.3 is 0 Å². The van der Waals surface area contributed by atoms with Crippen molar-refractivity contribution < 1.29 is 14.0 Å². The Morgan fingerprint density at radius 1 is 1.07 bits per heavy atom. The van der Waals surface area contributed by atoms with Crippen molar-refractivity contribution in [3.8, 4) is 0 Å². The second-order valence-corrected chi connectivity index (χ2v) is 7.61. The fourth-order valence-corrected chi connectivity index (χ4v) is 3.84. The highest BCUT2D eigenvalue weighted by molar-refractivity contribution is 5.98. The van der Waals surface area contributed by atoms with Crippen LogP contribution in [0.3, 0.4) is 0 Å². The Hall–Kier alpha value is -3.15. The number of carbonyl (C=O) groups is 2. The molecule has 1 aromatic heterocycles. The molecule has 29 heavy (non-hydrogen) atoms. The van der Waals surface area contributed by atoms with Crippen LogP contribution in [0.2, 0.25) is 0 Å². The van der Waals surface area contributed by atoms with Gasteiger partial charge in [-0.25, -0.2) is 4.39 Å². The SMILES string of the molecule is O=C(CC1CCN(C(=O)c2cc3ccccc3[nH]2)CC1)NCc1ccc(F)cc1. The molecule has 0 radical (unpaired) electrons. The van der Waals surface area contributed by atoms with Gasteiger partial charge in [-0.15, -0.1) is 0 Å². The smallest absolute Gasteiger partial charge is 0.270 e. The molecule has 6 heteroatoms. The van der Waals surface area contributed by atoms with E-state index in [0.717, 1.165) is 29.3 Å². The number of H-pyrrole nitrogens is 1. The number of halogens is 1. The van der Waals surface area contributed by atoms with E-state index >= 15 is 0 Å². The summed E-state index contributed by atoms with van der Waals surface area (Å²) in [5.41, 5.74) is 2.45. The van der Waals surface area contributed by atoms with Gasteiger partial charge in [0.05, 0.1) is 0 Å². The minimum atomic E-state index is -0.283. The van der Waals surface area contributed by atoms with Crippen LogP contribution in [-0.4, -0.2) is 34.8 Å². The Morgan fingerprint density at radius 2 is 1.79 bits per heavy atom. The molecule has 2 heterocycles. The average Bonchev–Trinajstić information content (AvgIpc) is 3.18. The highest BCUT2D eigenvalue weighted by Gasteiger charge is 2.25. The molecule has 0 bridgehead atoms. The summed E-state index contributed by atoms with van der Waals surface area (Å²) in [7, 11) is 0. The van der Waals surface area contributed by atoms with E-state index in [2.05, 4.69) is 10.3 Å². The summed E-state index contributed by atoms with van der Waals surface area (Å²) < 4.78 is 12.9. The van der Waals surface area contributed by atoms with E-state index in [9.17, 15) is 14.0 Å². The Kier molecular flexibility index (Phi) is 5.60. The molecule has 0 unspecified atom stereocenters. The van der Waals surface area contributed by atoms with Gasteiger partial charge in [0, 0.05) is 37.0 Å². The summed E-state index contributed by atoms with van der Waals surface area (Å²) >= 11 is 0. The number of rotatable bonds is 5. The molecule has 4 rings (SSSR count). The maximum absolute atomic E-state index is 12.9. The summed E-state index contributed by atoms with van der Waals surface area (Å²) in [6.07, 6.45) is 2.08. The zero-order valence-electron chi connectivity index (χ0n) is 16.2. The Morgan fingerprint density at radius 3 is 2.52 bits per heavy atom. The van der Waals surface area contributed by atoms with Gasteiger partial charge in [-0.2, -0.15) is 0 Å². The van der Waals surface area contributed by atoms with E-state index < -0.39 is 0 Å². The molecule has 0 atom stereocenters. The van der Waals surface area contributed by atoms with Crippen LogP contribution in [0.4, 0.5) is 4.39 Å². The molecule has 1 fully saturated rings. The van der Waals surface area contributed by atoms with Crippen molar-refractivity contribution >= 4 is 22.7 Å². The molecule has 2 aromatic carbocycles. The topological polar surface area (TPSA) is 65.2 Å². The van der Waals surface area contributed by atoms with Gasteiger partial charge in [-0.3, -0.25) is 9.59 Å². The number of hydrogen-bond acceptors (Lipinski definition) is 2. The first-order valence-electron chi connectivity index (χ1n) is 9.96. The lowest BCUT2D eigenvalue weighted by molar-refractivity contribution is -0.122. The third kappa shape index (κ3) is 4.65. The predicted molar refractivity (Wildman–Crippen MR) is 110 cm³/mol. The largest absolute Gasteiger partial charge is 0.352 e. The van der Waals surface area contributed by atoms with Crippen molar-refractivity contribution in [2.24, 2.45) is 5.92 Å². The monoisotopic (exact) mass is 393 g/mol. The van der Waals surface area contributed by atoms with Crippen molar-refractivity contribution in [1.82, 2.24) is 15.2 Å². The third-order valence-corrected chi connectivity index (χ3v) is 5.54. The van der Waals surface area contributed by atoms with E-state index in [1.165, 1.54) is 12.1 Å². The zero-order chi connectivity index (χ0) is 20.2. The maximum Gasteiger partial charge on any atom is 0.270 e. The minimum absolute atomic E-state index is 0.00489. The summed E-state index contributed by atoms with van der Waals surface area (Å²) in [5.74, 6) is -0.000979. The first-order chi connectivity index (χ1) is 14.1. The molecule has 5 nitrogen and oxygen atoms in total. The number of aromatic nitrogens is 1. The van der Waals surface area contributed by atoms with Crippen LogP contribution < -0.4 is 5.32 Å². The lowest BCUT2D eigenvalue weighted by atomic mass is 9.93. The van der Waals surface area contributed by atoms with Gasteiger partial charge in [0.15, 0.2) is 0 Å². The van der Waals surface area contributed by atoms with Gasteiger partial charge < -0.3 is 15.2 Å². The van der Waals surface area contributed by atoms with Crippen molar-refractivity contribution in [2.45, 2.75) is 25.8 Å². The number of piperidine rings is 1. The van der Waals surface area contributed by atoms with E-state index in [-0.39, 0.29) is 23.5 Å². The summed E-state index contributed by atoms with van der Waals surface area (Å²) in [4.78, 5) is 30.0. The van der Waals surface area contributed by atoms with Gasteiger partial charge in [-0.05, 0) is 48.6 Å². The summed E-state index contributed by atoms with van der Waals surface area (Å²) in [5, 5.41) is 3.92. The van der Waals surface area contributed by atoms with Crippen LogP contribution in [0.25, 0.3) is 10.9 Å². The highest BCUT2D eigenvalue weighted by Crippen LogP contribution is 2.23. The Bertz CT molecular complexity index is 971. The van der Waals surface area contributed by atoms with Gasteiger partial charge in [0.25, 0.3) is 5.91 Å². The second kappa shape index (κ2) is 8.47. The van der Waals surface area contributed by atoms with Gasteiger partial charge in [0.1, 0.15) is 11.5 Å². The van der Waals surface area contributed by atoms with Crippen LogP contribution in [0.15, 0.2) is 54.6 Å². The predicted octanol–water partition coefficient (Wildman–Crippen LogP) is 3.87. The van der Waals surface area contributed by atoms with Gasteiger partial charge in [0.2, 0.25) is 5.91 Å². The summed E-state index contributed by atoms with van der Waals surface area (Å²) in [6, 6.07) is 15.9. The van der Waals surface area contributed by atoms with Crippen LogP contribution in [0, 0.1) is 11.7 Å². The number of carbonyl (C=O) groups excluding carboxylic acids is 2. The first-order valence-corrected chi connectivity index (χ1v) is 9.96. The number of para-hydroxylation sites is 1. The standard InChI is InChI=1S/C23H24FN3O2/c24-19-7-5-17(6-8-19)15-25-22(28)13-16-9-11-27(12-10-16)23(29)21-14-18-3-1-2-4-20(18)26-21/h1-8,14,16,26H,9-13,15H2,(H,25,28). The van der Waals surface area contributed by atoms with Crippen molar-refractivity contribution in [2.75, 3.05) is 13.1 Å². The molecule has 2 amide bonds. The number of nitrogens with zero attached hydrogens (tertiary/aromatic N) is 1. The number of hydrogen-bond donors (Lipinski definition) is 2. The highest BCUT2D eigenvalue weighted by atomic mass is 19.1. The molecule has 1 aliphatic heterocycles. The van der Waals surface area contributed by atoms with E-state index in [1.54, 1.807) is 12.1 Å². The number of fused-ring (bicyclic) bond motifs is 1. The lowest BCUT2D eigenvalue weighted by Crippen LogP contribution is -2.39. The molecule has 0 aliphatic carbocycles. The zero-order valence-corrected chi connectivity index (χ0v) is 16.2. The minimum Gasteiger partial charge on any atom is -0.352 e. The van der Waals surface area contributed by atoms with E-state index in [4.69, 9.17) is 0 Å². The van der Waals surface area contributed by atoms with E-state index in [1.807, 2.05) is 35.2 Å². The quantitative estimate of drug-likeness (QED) is 0.691. The molecule has 2 N–H and O–H groups in total. The van der Waals surface area contributed by atoms with Crippen LogP contribution in [-0.2, 0) is 11.3 Å². The summed E-state index contributed by atoms with van der Waals surface area (Å²) in [6.45, 7) is 1.71. The molecule has 0 spiro atoms. The van der Waals surface area contributed by atoms with Gasteiger partial charge in [-0.1, -0.05) is 30.3 Å². The Labute approximate surface area is 168 Å². The van der Waals surface area contributed by atoms with Crippen molar-refractivity contribution in [1.29, 1.82) is 0 Å². The van der Waals surface area contributed by atoms with Crippen LogP contribution in [0.1, 0.15) is 35.3 Å². The molecule has 1 saturated heterocycles. The normalized spacial score (nSPS) is 14.9. The first kappa shape index (κ1) is 19.2. The molecule has 1 aliphatic rings. The molecular weight excluding hydrogens is 369 g/mol. The second-order valence-electron chi connectivity index (χ2n) is 7.61. The maximum atomic E-state index is 12.9. The van der Waals surface area contributed by atoms with Crippen LogP contribution in [0.5, 0.6) is 0 Å². The fourth-order valence-electron chi connectivity index (χ4n) is 3.84. The van der Waals surface area contributed by atoms with Crippen molar-refractivity contribution in [3.05, 3.63) is 71.7 Å². The number of aromatic amines is 1. The molecule has 150 valence electrons.